The van der Waals surface area contributed by atoms with Crippen molar-refractivity contribution >= 4 is 17.3 Å². The predicted octanol–water partition coefficient (Wildman–Crippen LogP) is 6.88. The van der Waals surface area contributed by atoms with Crippen molar-refractivity contribution in [3.8, 4) is 5.75 Å². The van der Waals surface area contributed by atoms with Crippen LogP contribution in [-0.2, 0) is 11.2 Å². The van der Waals surface area contributed by atoms with E-state index in [1.54, 1.807) is 0 Å². The van der Waals surface area contributed by atoms with Gasteiger partial charge in [-0.1, -0.05) is 49.2 Å². The van der Waals surface area contributed by atoms with E-state index in [-0.39, 0.29) is 12.0 Å². The van der Waals surface area contributed by atoms with Gasteiger partial charge in [-0.25, -0.2) is 0 Å². The maximum absolute atomic E-state index is 10.4. The minimum absolute atomic E-state index is 0.139. The standard InChI is InChI=1S/C33H47ClN2O3/c1-6-9-25-18-28(34)13-15-29(25)27-21-36(31-19-24(23(2)37)12-16-33(31)39-22-27)20-26-11-14-30(26)32(38-5)10-7-8-17-35(3)4/h7,10,12-13,15-16,18-19,23,26-27,30,32,37H,6,8-9,11,14,17,20-22H2,1-5H3/b10-7+. The maximum Gasteiger partial charge on any atom is 0.142 e. The van der Waals surface area contributed by atoms with Crippen LogP contribution in [0, 0.1) is 11.8 Å². The normalized spacial score (nSPS) is 22.8. The van der Waals surface area contributed by atoms with Crippen molar-refractivity contribution in [2.75, 3.05) is 52.3 Å². The molecule has 39 heavy (non-hydrogen) atoms. The Hall–Kier alpha value is -2.05. The number of aryl methyl sites for hydroxylation is 1. The molecule has 5 atom stereocenters. The summed E-state index contributed by atoms with van der Waals surface area (Å²) in [6.07, 6.45) is 9.67. The van der Waals surface area contributed by atoms with Gasteiger partial charge in [0.2, 0.25) is 0 Å². The molecule has 0 amide bonds. The molecule has 5 nitrogen and oxygen atoms in total. The van der Waals surface area contributed by atoms with Crippen LogP contribution in [0.2, 0.25) is 5.02 Å². The number of ether oxygens (including phenoxy) is 2. The van der Waals surface area contributed by atoms with Crippen LogP contribution in [0.5, 0.6) is 5.75 Å². The minimum atomic E-state index is -0.523. The fourth-order valence-electron chi connectivity index (χ4n) is 6.09. The highest BCUT2D eigenvalue weighted by atomic mass is 35.5. The zero-order chi connectivity index (χ0) is 27.9. The molecule has 1 heterocycles. The summed E-state index contributed by atoms with van der Waals surface area (Å²) >= 11 is 6.40. The second-order valence-corrected chi connectivity index (χ2v) is 12.1. The van der Waals surface area contributed by atoms with Crippen LogP contribution in [0.1, 0.15) is 68.2 Å². The fraction of sp³-hybridized carbons (Fsp3) is 0.576. The van der Waals surface area contributed by atoms with E-state index in [1.807, 2.05) is 32.2 Å². The number of halogens is 1. The minimum Gasteiger partial charge on any atom is -0.491 e. The maximum atomic E-state index is 10.4. The Kier molecular flexibility index (Phi) is 10.8. The molecule has 1 aliphatic heterocycles. The van der Waals surface area contributed by atoms with Gasteiger partial charge in [0, 0.05) is 37.7 Å². The highest BCUT2D eigenvalue weighted by molar-refractivity contribution is 6.30. The molecular formula is C33H47ClN2O3. The molecule has 2 aromatic rings. The van der Waals surface area contributed by atoms with Gasteiger partial charge in [0.05, 0.1) is 24.5 Å². The van der Waals surface area contributed by atoms with E-state index >= 15 is 0 Å². The van der Waals surface area contributed by atoms with Crippen LogP contribution in [0.3, 0.4) is 0 Å². The number of anilines is 1. The lowest BCUT2D eigenvalue weighted by Gasteiger charge is -2.43. The molecule has 4 rings (SSSR count). The molecule has 2 aliphatic rings. The van der Waals surface area contributed by atoms with Crippen molar-refractivity contribution in [3.63, 3.8) is 0 Å². The summed E-state index contributed by atoms with van der Waals surface area (Å²) in [4.78, 5) is 4.73. The van der Waals surface area contributed by atoms with Gasteiger partial charge in [-0.2, -0.15) is 0 Å². The van der Waals surface area contributed by atoms with E-state index < -0.39 is 6.10 Å². The summed E-state index contributed by atoms with van der Waals surface area (Å²) in [6, 6.07) is 12.5. The molecule has 0 bridgehead atoms. The first-order valence-electron chi connectivity index (χ1n) is 14.6. The number of methoxy groups -OCH3 is 1. The van der Waals surface area contributed by atoms with E-state index in [2.05, 4.69) is 61.2 Å². The van der Waals surface area contributed by atoms with E-state index in [9.17, 15) is 5.11 Å². The van der Waals surface area contributed by atoms with Gasteiger partial charge in [-0.15, -0.1) is 0 Å². The molecule has 6 heteroatoms. The smallest absolute Gasteiger partial charge is 0.142 e. The van der Waals surface area contributed by atoms with Crippen molar-refractivity contribution in [3.05, 3.63) is 70.3 Å². The first-order valence-corrected chi connectivity index (χ1v) is 15.0. The molecule has 1 saturated carbocycles. The average Bonchev–Trinajstić information content (AvgIpc) is 3.07. The number of nitrogens with zero attached hydrogens (tertiary/aromatic N) is 2. The van der Waals surface area contributed by atoms with Crippen molar-refractivity contribution in [1.82, 2.24) is 4.90 Å². The lowest BCUT2D eigenvalue weighted by molar-refractivity contribution is 0.0134. The number of aliphatic hydroxyl groups is 1. The first kappa shape index (κ1) is 29.9. The van der Waals surface area contributed by atoms with Gasteiger partial charge < -0.3 is 24.4 Å². The number of benzene rings is 2. The van der Waals surface area contributed by atoms with E-state index in [0.29, 0.717) is 18.4 Å². The molecule has 1 fully saturated rings. The van der Waals surface area contributed by atoms with Crippen LogP contribution < -0.4 is 9.64 Å². The number of rotatable bonds is 12. The Morgan fingerprint density at radius 2 is 2.03 bits per heavy atom. The van der Waals surface area contributed by atoms with Crippen molar-refractivity contribution in [2.45, 2.75) is 64.1 Å². The van der Waals surface area contributed by atoms with Crippen LogP contribution in [0.25, 0.3) is 0 Å². The van der Waals surface area contributed by atoms with Gasteiger partial charge in [-0.05, 0) is 99.5 Å². The largest absolute Gasteiger partial charge is 0.491 e. The van der Waals surface area contributed by atoms with Gasteiger partial charge in [-0.3, -0.25) is 0 Å². The highest BCUT2D eigenvalue weighted by Gasteiger charge is 2.38. The molecule has 1 aliphatic carbocycles. The third-order valence-corrected chi connectivity index (χ3v) is 8.68. The fourth-order valence-corrected chi connectivity index (χ4v) is 6.28. The zero-order valence-electron chi connectivity index (χ0n) is 24.4. The summed E-state index contributed by atoms with van der Waals surface area (Å²) in [5.74, 6) is 2.17. The SMILES string of the molecule is CCCc1cc(Cl)ccc1C1COc2ccc(C(C)O)cc2N(CC2CCC2C(/C=C/CCN(C)C)OC)C1. The zero-order valence-corrected chi connectivity index (χ0v) is 25.2. The van der Waals surface area contributed by atoms with Crippen LogP contribution in [0.4, 0.5) is 5.69 Å². The van der Waals surface area contributed by atoms with Gasteiger partial charge in [0.15, 0.2) is 0 Å². The molecule has 2 aromatic carbocycles. The molecule has 5 unspecified atom stereocenters. The Labute approximate surface area is 240 Å². The molecule has 1 N–H and O–H groups in total. The second kappa shape index (κ2) is 14.0. The summed E-state index contributed by atoms with van der Waals surface area (Å²) in [5.41, 5.74) is 4.65. The van der Waals surface area contributed by atoms with Crippen LogP contribution >= 0.6 is 11.6 Å². The molecule has 0 saturated heterocycles. The highest BCUT2D eigenvalue weighted by Crippen LogP contribution is 2.43. The average molecular weight is 555 g/mol. The van der Waals surface area contributed by atoms with Gasteiger partial charge in [0.1, 0.15) is 5.75 Å². The third-order valence-electron chi connectivity index (χ3n) is 8.45. The Morgan fingerprint density at radius 1 is 1.21 bits per heavy atom. The van der Waals surface area contributed by atoms with E-state index in [4.69, 9.17) is 21.1 Å². The second-order valence-electron chi connectivity index (χ2n) is 11.6. The lowest BCUT2D eigenvalue weighted by Crippen LogP contribution is -2.44. The summed E-state index contributed by atoms with van der Waals surface area (Å²) in [5, 5.41) is 11.1. The molecular weight excluding hydrogens is 508 g/mol. The van der Waals surface area contributed by atoms with E-state index in [0.717, 1.165) is 60.9 Å². The number of aliphatic hydroxyl groups excluding tert-OH is 1. The Bertz CT molecular complexity index is 1100. The third kappa shape index (κ3) is 7.58. The summed E-state index contributed by atoms with van der Waals surface area (Å²) in [6.45, 7) is 7.52. The monoisotopic (exact) mass is 554 g/mol. The lowest BCUT2D eigenvalue weighted by atomic mass is 9.70. The van der Waals surface area contributed by atoms with Crippen LogP contribution in [0.15, 0.2) is 48.6 Å². The van der Waals surface area contributed by atoms with Crippen molar-refractivity contribution in [1.29, 1.82) is 0 Å². The number of fused-ring (bicyclic) bond motifs is 1. The predicted molar refractivity (Wildman–Crippen MR) is 162 cm³/mol. The first-order chi connectivity index (χ1) is 18.8. The van der Waals surface area contributed by atoms with Crippen LogP contribution in [-0.4, -0.2) is 63.6 Å². The van der Waals surface area contributed by atoms with E-state index in [1.165, 1.54) is 24.0 Å². The molecule has 214 valence electrons. The molecule has 0 radical (unpaired) electrons. The Balaban J connectivity index is 1.59. The molecule has 0 aromatic heterocycles. The van der Waals surface area contributed by atoms with Crippen molar-refractivity contribution in [2.24, 2.45) is 11.8 Å². The summed E-state index contributed by atoms with van der Waals surface area (Å²) < 4.78 is 12.4. The van der Waals surface area contributed by atoms with Gasteiger partial charge >= 0.3 is 0 Å². The van der Waals surface area contributed by atoms with Crippen molar-refractivity contribution < 1.29 is 14.6 Å². The molecule has 0 spiro atoms. The van der Waals surface area contributed by atoms with Gasteiger partial charge in [0.25, 0.3) is 0 Å². The number of hydrogen-bond acceptors (Lipinski definition) is 5. The Morgan fingerprint density at radius 3 is 2.69 bits per heavy atom. The number of hydrogen-bond donors (Lipinski definition) is 1. The quantitative estimate of drug-likeness (QED) is 0.290. The topological polar surface area (TPSA) is 45.2 Å². The summed E-state index contributed by atoms with van der Waals surface area (Å²) in [7, 11) is 6.06.